The summed E-state index contributed by atoms with van der Waals surface area (Å²) in [6.07, 6.45) is 6.42. The van der Waals surface area contributed by atoms with Gasteiger partial charge in [-0.3, -0.25) is 4.79 Å². The Kier molecular flexibility index (Phi) is 4.48. The highest BCUT2D eigenvalue weighted by atomic mass is 35.5. The third-order valence-electron chi connectivity index (χ3n) is 4.15. The number of rotatable bonds is 2. The zero-order valence-electron chi connectivity index (χ0n) is 11.3. The number of piperidine rings is 1. The molecule has 0 aromatic carbocycles. The van der Waals surface area contributed by atoms with Gasteiger partial charge < -0.3 is 10.2 Å². The van der Waals surface area contributed by atoms with Crippen molar-refractivity contribution in [2.45, 2.75) is 50.7 Å². The summed E-state index contributed by atoms with van der Waals surface area (Å²) >= 11 is 1.49. The smallest absolute Gasteiger partial charge is 0.265 e. The molecule has 2 saturated heterocycles. The van der Waals surface area contributed by atoms with Gasteiger partial charge in [0.2, 0.25) is 0 Å². The van der Waals surface area contributed by atoms with Crippen LogP contribution >= 0.6 is 23.7 Å². The molecule has 2 aliphatic heterocycles. The van der Waals surface area contributed by atoms with Gasteiger partial charge in [0.1, 0.15) is 4.88 Å². The maximum atomic E-state index is 12.4. The van der Waals surface area contributed by atoms with Crippen LogP contribution in [0.25, 0.3) is 0 Å². The van der Waals surface area contributed by atoms with Crippen molar-refractivity contribution < 1.29 is 4.79 Å². The lowest BCUT2D eigenvalue weighted by Crippen LogP contribution is -2.48. The predicted octanol–water partition coefficient (Wildman–Crippen LogP) is 2.23. The van der Waals surface area contributed by atoms with Gasteiger partial charge >= 0.3 is 0 Å². The van der Waals surface area contributed by atoms with Crippen molar-refractivity contribution in [3.05, 3.63) is 16.1 Å². The number of amides is 1. The number of thiazole rings is 1. The number of halogens is 1. The van der Waals surface area contributed by atoms with E-state index in [9.17, 15) is 4.79 Å². The summed E-state index contributed by atoms with van der Waals surface area (Å²) in [5.74, 6) is 0.131. The van der Waals surface area contributed by atoms with Crippen LogP contribution in [-0.2, 0) is 0 Å². The number of hydrogen-bond acceptors (Lipinski definition) is 4. The van der Waals surface area contributed by atoms with Crippen LogP contribution < -0.4 is 5.32 Å². The van der Waals surface area contributed by atoms with Crippen LogP contribution in [0.2, 0.25) is 0 Å². The third-order valence-corrected chi connectivity index (χ3v) is 5.05. The van der Waals surface area contributed by atoms with E-state index in [0.29, 0.717) is 18.1 Å². The van der Waals surface area contributed by atoms with Crippen molar-refractivity contribution in [2.24, 2.45) is 0 Å². The molecular weight excluding hydrogens is 282 g/mol. The fourth-order valence-corrected chi connectivity index (χ4v) is 3.90. The second-order valence-electron chi connectivity index (χ2n) is 5.42. The maximum Gasteiger partial charge on any atom is 0.265 e. The minimum absolute atomic E-state index is 0. The lowest BCUT2D eigenvalue weighted by Gasteiger charge is -2.35. The quantitative estimate of drug-likeness (QED) is 0.911. The SMILES string of the molecule is Cc1ncc(C(=O)N(C)C2CC3CCC(C2)N3)s1.Cl. The normalized spacial score (nSPS) is 28.8. The average Bonchev–Trinajstić information content (AvgIpc) is 2.94. The highest BCUT2D eigenvalue weighted by Gasteiger charge is 2.36. The highest BCUT2D eigenvalue weighted by Crippen LogP contribution is 2.30. The lowest BCUT2D eigenvalue weighted by atomic mass is 9.98. The Morgan fingerprint density at radius 3 is 2.58 bits per heavy atom. The van der Waals surface area contributed by atoms with Crippen LogP contribution in [0.4, 0.5) is 0 Å². The summed E-state index contributed by atoms with van der Waals surface area (Å²) in [5.41, 5.74) is 0. The molecule has 106 valence electrons. The molecule has 3 rings (SSSR count). The topological polar surface area (TPSA) is 45.2 Å². The second kappa shape index (κ2) is 5.77. The van der Waals surface area contributed by atoms with Crippen LogP contribution in [0.3, 0.4) is 0 Å². The van der Waals surface area contributed by atoms with Crippen molar-refractivity contribution in [1.82, 2.24) is 15.2 Å². The van der Waals surface area contributed by atoms with Gasteiger partial charge in [-0.05, 0) is 32.6 Å². The van der Waals surface area contributed by atoms with Crippen molar-refractivity contribution in [3.63, 3.8) is 0 Å². The van der Waals surface area contributed by atoms with Crippen molar-refractivity contribution in [2.75, 3.05) is 7.05 Å². The van der Waals surface area contributed by atoms with E-state index in [0.717, 1.165) is 22.7 Å². The molecular formula is C13H20ClN3OS. The second-order valence-corrected chi connectivity index (χ2v) is 6.66. The largest absolute Gasteiger partial charge is 0.338 e. The molecule has 2 unspecified atom stereocenters. The molecule has 1 N–H and O–H groups in total. The summed E-state index contributed by atoms with van der Waals surface area (Å²) in [6.45, 7) is 1.94. The number of nitrogens with one attached hydrogen (secondary N) is 1. The summed E-state index contributed by atoms with van der Waals surface area (Å²) in [4.78, 5) is 19.2. The zero-order valence-corrected chi connectivity index (χ0v) is 12.9. The molecule has 2 fully saturated rings. The average molecular weight is 302 g/mol. The zero-order chi connectivity index (χ0) is 12.7. The highest BCUT2D eigenvalue weighted by molar-refractivity contribution is 7.13. The van der Waals surface area contributed by atoms with Crippen LogP contribution in [-0.4, -0.2) is 41.0 Å². The Morgan fingerprint density at radius 1 is 1.42 bits per heavy atom. The number of hydrogen-bond donors (Lipinski definition) is 1. The van der Waals surface area contributed by atoms with Crippen LogP contribution in [0.1, 0.15) is 40.4 Å². The monoisotopic (exact) mass is 301 g/mol. The van der Waals surface area contributed by atoms with E-state index in [1.54, 1.807) is 6.20 Å². The number of nitrogens with zero attached hydrogens (tertiary/aromatic N) is 2. The molecule has 1 aromatic rings. The van der Waals surface area contributed by atoms with Crippen LogP contribution in [0.5, 0.6) is 0 Å². The minimum Gasteiger partial charge on any atom is -0.338 e. The molecule has 2 bridgehead atoms. The Morgan fingerprint density at radius 2 is 2.05 bits per heavy atom. The van der Waals surface area contributed by atoms with Crippen molar-refractivity contribution in [1.29, 1.82) is 0 Å². The van der Waals surface area contributed by atoms with E-state index in [4.69, 9.17) is 0 Å². The molecule has 0 radical (unpaired) electrons. The molecule has 0 saturated carbocycles. The van der Waals surface area contributed by atoms with Gasteiger partial charge in [-0.15, -0.1) is 23.7 Å². The first-order valence-corrected chi connectivity index (χ1v) is 7.41. The van der Waals surface area contributed by atoms with Gasteiger partial charge in [0.15, 0.2) is 0 Å². The van der Waals surface area contributed by atoms with Crippen molar-refractivity contribution in [3.8, 4) is 0 Å². The molecule has 19 heavy (non-hydrogen) atoms. The lowest BCUT2D eigenvalue weighted by molar-refractivity contribution is 0.0686. The summed E-state index contributed by atoms with van der Waals surface area (Å²) in [5, 5.41) is 4.57. The van der Waals surface area contributed by atoms with E-state index in [1.807, 2.05) is 18.9 Å². The van der Waals surface area contributed by atoms with E-state index >= 15 is 0 Å². The Labute approximate surface area is 124 Å². The number of aryl methyl sites for hydroxylation is 1. The van der Waals surface area contributed by atoms with E-state index in [1.165, 1.54) is 24.2 Å². The minimum atomic E-state index is 0. The molecule has 2 aliphatic rings. The van der Waals surface area contributed by atoms with Gasteiger partial charge in [-0.2, -0.15) is 0 Å². The standard InChI is InChI=1S/C13H19N3OS.ClH/c1-8-14-7-12(18-8)13(17)16(2)11-5-9-3-4-10(6-11)15-9;/h7,9-11,15H,3-6H2,1-2H3;1H. The summed E-state index contributed by atoms with van der Waals surface area (Å²) in [7, 11) is 1.94. The summed E-state index contributed by atoms with van der Waals surface area (Å²) in [6, 6.07) is 1.62. The van der Waals surface area contributed by atoms with Gasteiger partial charge in [0.05, 0.1) is 11.2 Å². The molecule has 3 heterocycles. The first-order valence-electron chi connectivity index (χ1n) is 6.59. The molecule has 2 atom stereocenters. The van der Waals surface area contributed by atoms with Gasteiger partial charge in [-0.1, -0.05) is 0 Å². The Hall–Kier alpha value is -0.650. The number of carbonyl (C=O) groups is 1. The molecule has 0 spiro atoms. The maximum absolute atomic E-state index is 12.4. The number of aromatic nitrogens is 1. The predicted molar refractivity (Wildman–Crippen MR) is 79.2 cm³/mol. The fourth-order valence-electron chi connectivity index (χ4n) is 3.14. The van der Waals surface area contributed by atoms with Crippen LogP contribution in [0.15, 0.2) is 6.20 Å². The number of carbonyl (C=O) groups excluding carboxylic acids is 1. The van der Waals surface area contributed by atoms with Gasteiger partial charge in [0.25, 0.3) is 5.91 Å². The summed E-state index contributed by atoms with van der Waals surface area (Å²) < 4.78 is 0. The molecule has 0 aliphatic carbocycles. The first kappa shape index (κ1) is 14.8. The van der Waals surface area contributed by atoms with Gasteiger partial charge in [-0.25, -0.2) is 4.98 Å². The van der Waals surface area contributed by atoms with Gasteiger partial charge in [0, 0.05) is 25.2 Å². The van der Waals surface area contributed by atoms with E-state index in [2.05, 4.69) is 10.3 Å². The van der Waals surface area contributed by atoms with E-state index in [-0.39, 0.29) is 18.3 Å². The van der Waals surface area contributed by atoms with Crippen LogP contribution in [0, 0.1) is 6.92 Å². The fraction of sp³-hybridized carbons (Fsp3) is 0.692. The van der Waals surface area contributed by atoms with Crippen molar-refractivity contribution >= 4 is 29.7 Å². The molecule has 4 nitrogen and oxygen atoms in total. The molecule has 6 heteroatoms. The third kappa shape index (κ3) is 2.93. The number of fused-ring (bicyclic) bond motifs is 2. The first-order chi connectivity index (χ1) is 8.63. The van der Waals surface area contributed by atoms with E-state index < -0.39 is 0 Å². The Balaban J connectivity index is 0.00000133. The Bertz CT molecular complexity index is 452. The molecule has 1 amide bonds. The molecule has 1 aromatic heterocycles.